The lowest BCUT2D eigenvalue weighted by atomic mass is 10.0. The maximum Gasteiger partial charge on any atom is 0.320 e. The molecule has 0 fully saturated rings. The van der Waals surface area contributed by atoms with Gasteiger partial charge in [-0.3, -0.25) is 9.69 Å². The molecule has 0 aromatic heterocycles. The van der Waals surface area contributed by atoms with E-state index in [1.807, 2.05) is 0 Å². The maximum absolute atomic E-state index is 11.4. The first kappa shape index (κ1) is 31.5. The summed E-state index contributed by atoms with van der Waals surface area (Å²) in [5.74, 6) is -0.782. The van der Waals surface area contributed by atoms with E-state index in [0.29, 0.717) is 0 Å². The molecule has 0 aromatic rings. The zero-order chi connectivity index (χ0) is 23.3. The monoisotopic (exact) mass is 430 g/mol. The fraction of sp³-hybridized carbons (Fsp3) is 0.960. The molecule has 5 nitrogen and oxygen atoms in total. The van der Waals surface area contributed by atoms with Crippen molar-refractivity contribution in [3.63, 3.8) is 0 Å². The van der Waals surface area contributed by atoms with Crippen LogP contribution >= 0.6 is 0 Å². The summed E-state index contributed by atoms with van der Waals surface area (Å²) in [7, 11) is 6.95. The van der Waals surface area contributed by atoms with Gasteiger partial charge in [0.2, 0.25) is 0 Å². The Hall–Kier alpha value is -0.650. The molecule has 0 saturated carbocycles. The van der Waals surface area contributed by atoms with Gasteiger partial charge >= 0.3 is 5.97 Å². The third-order valence-electron chi connectivity index (χ3n) is 5.68. The van der Waals surface area contributed by atoms with E-state index in [-0.39, 0.29) is 10.7 Å². The van der Waals surface area contributed by atoms with Crippen molar-refractivity contribution in [3.8, 4) is 0 Å². The zero-order valence-corrected chi connectivity index (χ0v) is 21.3. The quantitative estimate of drug-likeness (QED) is 0.138. The number of carboxylic acid groups (broad SMARTS) is 1. The van der Waals surface area contributed by atoms with E-state index in [1.165, 1.54) is 96.3 Å². The average Bonchev–Trinajstić information content (AvgIpc) is 2.66. The van der Waals surface area contributed by atoms with Crippen LogP contribution < -0.4 is 0 Å². The molecule has 0 rings (SSSR count). The Morgan fingerprint density at radius 1 is 0.767 bits per heavy atom. The standard InChI is InChI=1S/C20H43NO.C5H11NO2/c1-4-5-6-7-8-9-10-11-12-13-14-15-16-17-18-19-20-21(2,3)22;1-4(5(7)8)6(2)3/h4-20H2,1-3H3;4H,1-3H3,(H,7,8). The molecule has 0 bridgehead atoms. The average molecular weight is 431 g/mol. The maximum atomic E-state index is 11.4. The molecule has 0 heterocycles. The Bertz CT molecular complexity index is 368. The van der Waals surface area contributed by atoms with Gasteiger partial charge in [0, 0.05) is 0 Å². The summed E-state index contributed by atoms with van der Waals surface area (Å²) < 4.78 is -0.126. The van der Waals surface area contributed by atoms with Gasteiger partial charge < -0.3 is 15.0 Å². The van der Waals surface area contributed by atoms with Gasteiger partial charge in [-0.15, -0.1) is 0 Å². The van der Waals surface area contributed by atoms with Crippen molar-refractivity contribution < 1.29 is 14.5 Å². The van der Waals surface area contributed by atoms with Gasteiger partial charge in [-0.2, -0.15) is 0 Å². The summed E-state index contributed by atoms with van der Waals surface area (Å²) in [6.07, 6.45) is 22.2. The topological polar surface area (TPSA) is 63.6 Å². The first-order chi connectivity index (χ1) is 14.1. The Labute approximate surface area is 188 Å². The van der Waals surface area contributed by atoms with Crippen molar-refractivity contribution in [1.82, 2.24) is 4.90 Å². The Kier molecular flexibility index (Phi) is 22.7. The molecule has 1 unspecified atom stereocenters. The number of carbonyl (C=O) groups is 1. The molecule has 30 heavy (non-hydrogen) atoms. The largest absolute Gasteiger partial charge is 0.633 e. The van der Waals surface area contributed by atoms with Crippen LogP contribution in [0.25, 0.3) is 0 Å². The highest BCUT2D eigenvalue weighted by Gasteiger charge is 2.11. The second kappa shape index (κ2) is 21.6. The lowest BCUT2D eigenvalue weighted by Gasteiger charge is -2.33. The fourth-order valence-electron chi connectivity index (χ4n) is 3.26. The molecular weight excluding hydrogens is 376 g/mol. The first-order valence-corrected chi connectivity index (χ1v) is 12.5. The number of nitrogens with zero attached hydrogens (tertiary/aromatic N) is 2. The number of carboxylic acids is 1. The van der Waals surface area contributed by atoms with Crippen molar-refractivity contribution in [2.24, 2.45) is 0 Å². The summed E-state index contributed by atoms with van der Waals surface area (Å²) in [5, 5.41) is 19.7. The van der Waals surface area contributed by atoms with Crippen LogP contribution in [-0.2, 0) is 4.79 Å². The summed E-state index contributed by atoms with van der Waals surface area (Å²) in [6, 6.07) is -0.380. The van der Waals surface area contributed by atoms with Crippen LogP contribution in [-0.4, -0.2) is 61.4 Å². The predicted octanol–water partition coefficient (Wildman–Crippen LogP) is 6.84. The number of unbranched alkanes of at least 4 members (excludes halogenated alkanes) is 15. The molecule has 0 aromatic carbocycles. The van der Waals surface area contributed by atoms with Crippen LogP contribution in [0.2, 0.25) is 0 Å². The molecule has 0 saturated heterocycles. The van der Waals surface area contributed by atoms with E-state index >= 15 is 0 Å². The molecule has 0 radical (unpaired) electrons. The van der Waals surface area contributed by atoms with Gasteiger partial charge in [0.05, 0.1) is 20.6 Å². The summed E-state index contributed by atoms with van der Waals surface area (Å²) in [5.41, 5.74) is 0. The number of hydrogen-bond acceptors (Lipinski definition) is 3. The summed E-state index contributed by atoms with van der Waals surface area (Å²) in [4.78, 5) is 11.7. The molecule has 0 aliphatic carbocycles. The van der Waals surface area contributed by atoms with Crippen molar-refractivity contribution >= 4 is 5.97 Å². The van der Waals surface area contributed by atoms with Crippen LogP contribution in [0.4, 0.5) is 0 Å². The summed E-state index contributed by atoms with van der Waals surface area (Å²) in [6.45, 7) is 4.70. The number of hydrogen-bond donors (Lipinski definition) is 1. The first-order valence-electron chi connectivity index (χ1n) is 12.5. The SMILES string of the molecule is CC(C(=O)O)N(C)C.CCCCCCCCCCCCCCCCCC[N+](C)(C)[O-]. The minimum absolute atomic E-state index is 0.126. The molecule has 1 N–H and O–H groups in total. The molecule has 182 valence electrons. The molecule has 0 aliphatic heterocycles. The van der Waals surface area contributed by atoms with Gasteiger partial charge in [0.1, 0.15) is 6.04 Å². The van der Waals surface area contributed by atoms with Crippen molar-refractivity contribution in [1.29, 1.82) is 0 Å². The minimum atomic E-state index is -0.782. The number of aliphatic carboxylic acids is 1. The van der Waals surface area contributed by atoms with Crippen molar-refractivity contribution in [2.75, 3.05) is 34.7 Å². The van der Waals surface area contributed by atoms with E-state index < -0.39 is 5.97 Å². The molecule has 0 amide bonds. The highest BCUT2D eigenvalue weighted by molar-refractivity contribution is 5.72. The van der Waals surface area contributed by atoms with Crippen molar-refractivity contribution in [2.45, 2.75) is 123 Å². The third-order valence-corrected chi connectivity index (χ3v) is 5.68. The molecule has 0 aliphatic rings. The van der Waals surface area contributed by atoms with Gasteiger partial charge in [0.25, 0.3) is 0 Å². The lowest BCUT2D eigenvalue weighted by Crippen LogP contribution is -2.32. The van der Waals surface area contributed by atoms with Gasteiger partial charge in [-0.25, -0.2) is 0 Å². The Morgan fingerprint density at radius 3 is 1.27 bits per heavy atom. The fourth-order valence-corrected chi connectivity index (χ4v) is 3.26. The van der Waals surface area contributed by atoms with Gasteiger partial charge in [-0.1, -0.05) is 96.8 Å². The number of quaternary nitrogens is 1. The zero-order valence-electron chi connectivity index (χ0n) is 21.3. The number of rotatable bonds is 19. The van der Waals surface area contributed by atoms with Crippen LogP contribution in [0.15, 0.2) is 0 Å². The Balaban J connectivity index is 0. The highest BCUT2D eigenvalue weighted by Crippen LogP contribution is 2.14. The van der Waals surface area contributed by atoms with E-state index in [0.717, 1.165) is 13.0 Å². The van der Waals surface area contributed by atoms with Crippen molar-refractivity contribution in [3.05, 3.63) is 5.21 Å². The third kappa shape index (κ3) is 27.4. The summed E-state index contributed by atoms with van der Waals surface area (Å²) >= 11 is 0. The molecule has 5 heteroatoms. The predicted molar refractivity (Wildman–Crippen MR) is 131 cm³/mol. The van der Waals surface area contributed by atoms with Crippen LogP contribution in [0.5, 0.6) is 0 Å². The minimum Gasteiger partial charge on any atom is -0.633 e. The number of likely N-dealkylation sites (N-methyl/N-ethyl adjacent to an activating group) is 1. The molecular formula is C25H54N2O3. The van der Waals surface area contributed by atoms with E-state index in [9.17, 15) is 10.0 Å². The smallest absolute Gasteiger partial charge is 0.320 e. The van der Waals surface area contributed by atoms with E-state index in [4.69, 9.17) is 5.11 Å². The Morgan fingerprint density at radius 2 is 1.07 bits per heavy atom. The van der Waals surface area contributed by atoms with Gasteiger partial charge in [-0.05, 0) is 33.9 Å². The lowest BCUT2D eigenvalue weighted by molar-refractivity contribution is -0.840. The van der Waals surface area contributed by atoms with Crippen LogP contribution in [0.3, 0.4) is 0 Å². The highest BCUT2D eigenvalue weighted by atomic mass is 16.5. The van der Waals surface area contributed by atoms with Crippen LogP contribution in [0.1, 0.15) is 117 Å². The second-order valence-corrected chi connectivity index (χ2v) is 9.58. The van der Waals surface area contributed by atoms with Crippen LogP contribution in [0, 0.1) is 5.21 Å². The van der Waals surface area contributed by atoms with Gasteiger partial charge in [0.15, 0.2) is 0 Å². The number of hydroxylamine groups is 3. The van der Waals surface area contributed by atoms with E-state index in [1.54, 1.807) is 40.0 Å². The normalized spacial score (nSPS) is 12.5. The molecule has 1 atom stereocenters. The van der Waals surface area contributed by atoms with E-state index in [2.05, 4.69) is 6.92 Å². The second-order valence-electron chi connectivity index (χ2n) is 9.58. The molecule has 0 spiro atoms.